The van der Waals surface area contributed by atoms with Crippen molar-refractivity contribution in [2.75, 3.05) is 37.4 Å². The number of rotatable bonds is 5. The monoisotopic (exact) mass is 392 g/mol. The van der Waals surface area contributed by atoms with Gasteiger partial charge in [0.05, 0.1) is 6.04 Å². The number of piperidine rings is 1. The van der Waals surface area contributed by atoms with E-state index in [9.17, 15) is 4.79 Å². The molecule has 1 aromatic heterocycles. The van der Waals surface area contributed by atoms with E-state index in [1.807, 2.05) is 56.3 Å². The third-order valence-corrected chi connectivity index (χ3v) is 5.78. The van der Waals surface area contributed by atoms with E-state index in [-0.39, 0.29) is 11.9 Å². The number of hydrogen-bond acceptors (Lipinski definition) is 5. The van der Waals surface area contributed by atoms with Crippen LogP contribution in [0.2, 0.25) is 0 Å². The average molecular weight is 393 g/mol. The molecule has 7 heteroatoms. The van der Waals surface area contributed by atoms with Gasteiger partial charge in [0, 0.05) is 31.1 Å². The Bertz CT molecular complexity index is 984. The van der Waals surface area contributed by atoms with Crippen molar-refractivity contribution < 1.29 is 4.79 Å². The van der Waals surface area contributed by atoms with E-state index >= 15 is 0 Å². The molecule has 2 aromatic carbocycles. The number of carbonyl (C=O) groups excluding carboxylic acids is 1. The van der Waals surface area contributed by atoms with Gasteiger partial charge >= 0.3 is 0 Å². The Balaban J connectivity index is 1.37. The van der Waals surface area contributed by atoms with Gasteiger partial charge < -0.3 is 10.2 Å². The van der Waals surface area contributed by atoms with Crippen molar-refractivity contribution in [1.29, 1.82) is 0 Å². The van der Waals surface area contributed by atoms with Crippen molar-refractivity contribution in [2.24, 2.45) is 0 Å². The Hall–Kier alpha value is -2.93. The number of amides is 1. The van der Waals surface area contributed by atoms with Crippen molar-refractivity contribution >= 4 is 28.3 Å². The average Bonchev–Trinajstić information content (AvgIpc) is 3.24. The Morgan fingerprint density at radius 3 is 2.62 bits per heavy atom. The van der Waals surface area contributed by atoms with E-state index in [2.05, 4.69) is 37.5 Å². The molecule has 1 aliphatic heterocycles. The van der Waals surface area contributed by atoms with Gasteiger partial charge in [0.2, 0.25) is 11.9 Å². The summed E-state index contributed by atoms with van der Waals surface area (Å²) in [5.41, 5.74) is 0.868. The zero-order valence-electron chi connectivity index (χ0n) is 17.2. The molecule has 4 rings (SSSR count). The fourth-order valence-electron chi connectivity index (χ4n) is 3.95. The Morgan fingerprint density at radius 1 is 1.17 bits per heavy atom. The number of fused-ring (bicyclic) bond motifs is 1. The maximum absolute atomic E-state index is 12.9. The van der Waals surface area contributed by atoms with Gasteiger partial charge in [-0.05, 0) is 44.3 Å². The van der Waals surface area contributed by atoms with Crippen LogP contribution in [-0.4, -0.2) is 59.2 Å². The zero-order valence-corrected chi connectivity index (χ0v) is 17.2. The molecule has 0 radical (unpaired) electrons. The summed E-state index contributed by atoms with van der Waals surface area (Å²) < 4.78 is 0. The first-order chi connectivity index (χ1) is 14.0. The highest BCUT2D eigenvalue weighted by Gasteiger charge is 2.29. The SMILES string of the molecule is C[C@@H](C(=O)Nc1cccc2ccccc12)N1CCC(c2nc(N(C)C)n[nH]2)CC1. The number of aromatic amines is 1. The highest BCUT2D eigenvalue weighted by atomic mass is 16.2. The quantitative estimate of drug-likeness (QED) is 0.697. The molecule has 0 unspecified atom stereocenters. The molecule has 2 heterocycles. The molecule has 3 aromatic rings. The van der Waals surface area contributed by atoms with Crippen LogP contribution in [0.15, 0.2) is 42.5 Å². The molecular weight excluding hydrogens is 364 g/mol. The zero-order chi connectivity index (χ0) is 20.4. The van der Waals surface area contributed by atoms with Crippen LogP contribution in [-0.2, 0) is 4.79 Å². The summed E-state index contributed by atoms with van der Waals surface area (Å²) in [6, 6.07) is 13.9. The van der Waals surface area contributed by atoms with Crippen molar-refractivity contribution in [1.82, 2.24) is 20.1 Å². The lowest BCUT2D eigenvalue weighted by Crippen LogP contribution is -2.45. The van der Waals surface area contributed by atoms with Gasteiger partial charge in [0.25, 0.3) is 0 Å². The minimum Gasteiger partial charge on any atom is -0.346 e. The lowest BCUT2D eigenvalue weighted by Gasteiger charge is -2.34. The van der Waals surface area contributed by atoms with Crippen LogP contribution in [0.4, 0.5) is 11.6 Å². The summed E-state index contributed by atoms with van der Waals surface area (Å²) in [7, 11) is 3.87. The molecule has 0 bridgehead atoms. The molecule has 7 nitrogen and oxygen atoms in total. The van der Waals surface area contributed by atoms with Gasteiger partial charge in [-0.1, -0.05) is 36.4 Å². The lowest BCUT2D eigenvalue weighted by molar-refractivity contribution is -0.121. The molecule has 1 atom stereocenters. The number of nitrogens with one attached hydrogen (secondary N) is 2. The summed E-state index contributed by atoms with van der Waals surface area (Å²) >= 11 is 0. The standard InChI is InChI=1S/C22H28N6O/c1-15(21(29)23-19-10-6-8-16-7-4-5-9-18(16)19)28-13-11-17(12-14-28)20-24-22(26-25-20)27(2)3/h4-10,15,17H,11-14H2,1-3H3,(H,23,29)(H,24,25,26)/t15-/m0/s1. The highest BCUT2D eigenvalue weighted by Crippen LogP contribution is 2.28. The lowest BCUT2D eigenvalue weighted by atomic mass is 9.95. The van der Waals surface area contributed by atoms with Crippen molar-refractivity contribution in [2.45, 2.75) is 31.7 Å². The van der Waals surface area contributed by atoms with E-state index in [1.165, 1.54) is 0 Å². The molecule has 29 heavy (non-hydrogen) atoms. The van der Waals surface area contributed by atoms with E-state index in [4.69, 9.17) is 0 Å². The second kappa shape index (κ2) is 8.21. The molecule has 0 aliphatic carbocycles. The number of benzene rings is 2. The van der Waals surface area contributed by atoms with Crippen molar-refractivity contribution in [3.05, 3.63) is 48.3 Å². The van der Waals surface area contributed by atoms with Crippen LogP contribution in [0.3, 0.4) is 0 Å². The predicted octanol–water partition coefficient (Wildman–Crippen LogP) is 3.23. The number of likely N-dealkylation sites (tertiary alicyclic amines) is 1. The fourth-order valence-corrected chi connectivity index (χ4v) is 3.95. The molecule has 1 aliphatic rings. The number of anilines is 2. The molecular formula is C22H28N6O. The van der Waals surface area contributed by atoms with Crippen LogP contribution >= 0.6 is 0 Å². The Labute approximate surface area is 171 Å². The number of hydrogen-bond donors (Lipinski definition) is 2. The largest absolute Gasteiger partial charge is 0.346 e. The molecule has 1 saturated heterocycles. The first-order valence-corrected chi connectivity index (χ1v) is 10.1. The van der Waals surface area contributed by atoms with Gasteiger partial charge in [-0.15, -0.1) is 5.10 Å². The van der Waals surface area contributed by atoms with E-state index in [1.54, 1.807) is 0 Å². The van der Waals surface area contributed by atoms with Gasteiger partial charge in [0.1, 0.15) is 5.82 Å². The van der Waals surface area contributed by atoms with Crippen LogP contribution in [0.25, 0.3) is 10.8 Å². The van der Waals surface area contributed by atoms with Crippen LogP contribution < -0.4 is 10.2 Å². The van der Waals surface area contributed by atoms with Gasteiger partial charge in [-0.3, -0.25) is 14.8 Å². The van der Waals surface area contributed by atoms with E-state index in [0.29, 0.717) is 11.9 Å². The van der Waals surface area contributed by atoms with Crippen LogP contribution in [0.5, 0.6) is 0 Å². The summed E-state index contributed by atoms with van der Waals surface area (Å²) in [6.07, 6.45) is 1.93. The molecule has 152 valence electrons. The van der Waals surface area contributed by atoms with E-state index in [0.717, 1.165) is 48.2 Å². The molecule has 0 saturated carbocycles. The van der Waals surface area contributed by atoms with Gasteiger partial charge in [-0.25, -0.2) is 0 Å². The first-order valence-electron chi connectivity index (χ1n) is 10.1. The predicted molar refractivity (Wildman–Crippen MR) is 116 cm³/mol. The number of H-pyrrole nitrogens is 1. The normalized spacial score (nSPS) is 16.7. The van der Waals surface area contributed by atoms with Crippen LogP contribution in [0, 0.1) is 0 Å². The van der Waals surface area contributed by atoms with Gasteiger partial charge in [0.15, 0.2) is 0 Å². The third-order valence-electron chi connectivity index (χ3n) is 5.78. The summed E-state index contributed by atoms with van der Waals surface area (Å²) in [4.78, 5) is 21.6. The van der Waals surface area contributed by atoms with Crippen molar-refractivity contribution in [3.8, 4) is 0 Å². The van der Waals surface area contributed by atoms with E-state index < -0.39 is 0 Å². The summed E-state index contributed by atoms with van der Waals surface area (Å²) in [5, 5.41) is 12.6. The minimum atomic E-state index is -0.179. The molecule has 2 N–H and O–H groups in total. The maximum Gasteiger partial charge on any atom is 0.244 e. The van der Waals surface area contributed by atoms with Gasteiger partial charge in [-0.2, -0.15) is 4.98 Å². The molecule has 0 spiro atoms. The number of nitrogens with zero attached hydrogens (tertiary/aromatic N) is 4. The van der Waals surface area contributed by atoms with Crippen LogP contribution in [0.1, 0.15) is 31.5 Å². The Kier molecular flexibility index (Phi) is 5.49. The highest BCUT2D eigenvalue weighted by molar-refractivity contribution is 6.03. The maximum atomic E-state index is 12.9. The molecule has 1 fully saturated rings. The number of aromatic nitrogens is 3. The second-order valence-electron chi connectivity index (χ2n) is 7.92. The fraction of sp³-hybridized carbons (Fsp3) is 0.409. The second-order valence-corrected chi connectivity index (χ2v) is 7.92. The Morgan fingerprint density at radius 2 is 1.90 bits per heavy atom. The first kappa shape index (κ1) is 19.4. The summed E-state index contributed by atoms with van der Waals surface area (Å²) in [6.45, 7) is 3.72. The topological polar surface area (TPSA) is 77.2 Å². The van der Waals surface area contributed by atoms with Crippen molar-refractivity contribution in [3.63, 3.8) is 0 Å². The molecule has 1 amide bonds. The third kappa shape index (κ3) is 4.10. The number of carbonyl (C=O) groups is 1. The minimum absolute atomic E-state index is 0.0364. The smallest absolute Gasteiger partial charge is 0.244 e. The summed E-state index contributed by atoms with van der Waals surface area (Å²) in [5.74, 6) is 2.06.